The molecule has 4 rings (SSSR count). The second-order valence-corrected chi connectivity index (χ2v) is 6.11. The van der Waals surface area contributed by atoms with Crippen molar-refractivity contribution in [2.45, 2.75) is 19.0 Å². The van der Waals surface area contributed by atoms with Crippen molar-refractivity contribution in [1.82, 2.24) is 20.5 Å². The molecule has 0 bridgehead atoms. The first-order chi connectivity index (χ1) is 12.8. The quantitative estimate of drug-likeness (QED) is 0.305. The maximum absolute atomic E-state index is 6.11. The van der Waals surface area contributed by atoms with Crippen molar-refractivity contribution in [2.75, 3.05) is 6.61 Å². The second kappa shape index (κ2) is 8.85. The number of halogens is 1. The minimum Gasteiger partial charge on any atom is -0.493 e. The third-order valence-corrected chi connectivity index (χ3v) is 4.33. The number of benzene rings is 2. The van der Waals surface area contributed by atoms with Crippen LogP contribution in [0.4, 0.5) is 0 Å². The van der Waals surface area contributed by atoms with Gasteiger partial charge in [-0.15, -0.1) is 24.0 Å². The van der Waals surface area contributed by atoms with E-state index in [4.69, 9.17) is 10.5 Å². The second-order valence-electron chi connectivity index (χ2n) is 6.11. The van der Waals surface area contributed by atoms with E-state index < -0.39 is 0 Å². The van der Waals surface area contributed by atoms with Gasteiger partial charge in [-0.2, -0.15) is 5.10 Å². The van der Waals surface area contributed by atoms with E-state index in [9.17, 15) is 0 Å². The third-order valence-electron chi connectivity index (χ3n) is 4.33. The molecule has 140 valence electrons. The maximum atomic E-state index is 6.11. The van der Waals surface area contributed by atoms with Crippen LogP contribution in [0.2, 0.25) is 0 Å². The van der Waals surface area contributed by atoms with E-state index in [1.165, 1.54) is 6.33 Å². The lowest BCUT2D eigenvalue weighted by Crippen LogP contribution is -2.37. The molecule has 0 amide bonds. The van der Waals surface area contributed by atoms with Crippen LogP contribution in [0.1, 0.15) is 23.6 Å². The van der Waals surface area contributed by atoms with Crippen LogP contribution in [-0.4, -0.2) is 27.7 Å². The van der Waals surface area contributed by atoms with Crippen LogP contribution >= 0.6 is 24.0 Å². The number of ether oxygens (including phenoxy) is 1. The van der Waals surface area contributed by atoms with Gasteiger partial charge in [-0.05, 0) is 17.7 Å². The molecule has 0 radical (unpaired) electrons. The molecule has 27 heavy (non-hydrogen) atoms. The van der Waals surface area contributed by atoms with Gasteiger partial charge in [0.2, 0.25) is 0 Å². The summed E-state index contributed by atoms with van der Waals surface area (Å²) >= 11 is 0. The fourth-order valence-corrected chi connectivity index (χ4v) is 3.05. The predicted molar refractivity (Wildman–Crippen MR) is 115 cm³/mol. The summed E-state index contributed by atoms with van der Waals surface area (Å²) in [5.41, 5.74) is 9.25. The summed E-state index contributed by atoms with van der Waals surface area (Å²) in [6.45, 7) is 1.16. The van der Waals surface area contributed by atoms with Gasteiger partial charge in [0.05, 0.1) is 19.2 Å². The van der Waals surface area contributed by atoms with Crippen LogP contribution in [-0.2, 0) is 6.54 Å². The van der Waals surface area contributed by atoms with Crippen LogP contribution in [0.25, 0.3) is 11.4 Å². The first-order valence-electron chi connectivity index (χ1n) is 8.52. The molecule has 1 atom stereocenters. The molecule has 0 aliphatic carbocycles. The number of fused-ring (bicyclic) bond motifs is 1. The maximum Gasteiger partial charge on any atom is 0.189 e. The van der Waals surface area contributed by atoms with Gasteiger partial charge in [0.25, 0.3) is 0 Å². The Bertz CT molecular complexity index is 912. The van der Waals surface area contributed by atoms with Crippen LogP contribution in [0.15, 0.2) is 59.9 Å². The average molecular weight is 476 g/mol. The lowest BCUT2D eigenvalue weighted by atomic mass is 10.0. The van der Waals surface area contributed by atoms with Crippen molar-refractivity contribution in [1.29, 1.82) is 0 Å². The largest absolute Gasteiger partial charge is 0.493 e. The zero-order chi connectivity index (χ0) is 17.8. The number of nitrogens with one attached hydrogen (secondary N) is 2. The van der Waals surface area contributed by atoms with Crippen LogP contribution in [0.3, 0.4) is 0 Å². The monoisotopic (exact) mass is 476 g/mol. The number of guanidine groups is 1. The van der Waals surface area contributed by atoms with Crippen LogP contribution < -0.4 is 15.8 Å². The molecule has 1 aliphatic heterocycles. The molecule has 0 spiro atoms. The lowest BCUT2D eigenvalue weighted by Gasteiger charge is -2.26. The molecule has 4 N–H and O–H groups in total. The summed E-state index contributed by atoms with van der Waals surface area (Å²) in [5, 5.41) is 10.1. The highest BCUT2D eigenvalue weighted by Crippen LogP contribution is 2.31. The SMILES string of the molecule is I.NC(=NCc1cccc(-c2ncn[nH]2)c1)NC1CCOc2ccccc21. The van der Waals surface area contributed by atoms with E-state index in [1.54, 1.807) is 0 Å². The Hall–Kier alpha value is -2.62. The molecule has 2 aromatic carbocycles. The van der Waals surface area contributed by atoms with Gasteiger partial charge in [-0.3, -0.25) is 5.10 Å². The van der Waals surface area contributed by atoms with Gasteiger partial charge in [0, 0.05) is 17.5 Å². The molecule has 2 heterocycles. The van der Waals surface area contributed by atoms with Gasteiger partial charge < -0.3 is 15.8 Å². The predicted octanol–water partition coefficient (Wildman–Crippen LogP) is 3.02. The fourth-order valence-electron chi connectivity index (χ4n) is 3.05. The lowest BCUT2D eigenvalue weighted by molar-refractivity contribution is 0.262. The first kappa shape index (κ1) is 19.2. The zero-order valence-corrected chi connectivity index (χ0v) is 17.0. The highest BCUT2D eigenvalue weighted by atomic mass is 127. The Labute approximate surface area is 174 Å². The Morgan fingerprint density at radius 3 is 3.00 bits per heavy atom. The van der Waals surface area contributed by atoms with E-state index in [0.717, 1.165) is 34.7 Å². The standard InChI is InChI=1S/C19H20N6O.HI/c20-19(24-16-8-9-26-17-7-2-1-6-15(16)17)21-11-13-4-3-5-14(10-13)18-22-12-23-25-18;/h1-7,10,12,16H,8-9,11H2,(H3,20,21,24)(H,22,23,25);1H. The third kappa shape index (κ3) is 4.57. The number of para-hydroxylation sites is 1. The zero-order valence-electron chi connectivity index (χ0n) is 14.6. The van der Waals surface area contributed by atoms with Gasteiger partial charge in [-0.25, -0.2) is 9.98 Å². The smallest absolute Gasteiger partial charge is 0.189 e. The Morgan fingerprint density at radius 2 is 2.15 bits per heavy atom. The van der Waals surface area contributed by atoms with E-state index in [2.05, 4.69) is 31.6 Å². The number of hydrogen-bond acceptors (Lipinski definition) is 4. The number of H-pyrrole nitrogens is 1. The molecule has 1 unspecified atom stereocenters. The molecule has 1 aliphatic rings. The molecule has 1 aromatic heterocycles. The molecule has 7 nitrogen and oxygen atoms in total. The number of aliphatic imine (C=N–C) groups is 1. The highest BCUT2D eigenvalue weighted by Gasteiger charge is 2.21. The molecular formula is C19H21IN6O. The highest BCUT2D eigenvalue weighted by molar-refractivity contribution is 14.0. The minimum absolute atomic E-state index is 0. The van der Waals surface area contributed by atoms with Crippen molar-refractivity contribution in [3.05, 3.63) is 66.0 Å². The Kier molecular flexibility index (Phi) is 6.28. The molecule has 3 aromatic rings. The first-order valence-corrected chi connectivity index (χ1v) is 8.52. The van der Waals surface area contributed by atoms with Gasteiger partial charge in [0.1, 0.15) is 12.1 Å². The van der Waals surface area contributed by atoms with Crippen LogP contribution in [0.5, 0.6) is 5.75 Å². The summed E-state index contributed by atoms with van der Waals surface area (Å²) in [6, 6.07) is 16.1. The summed E-state index contributed by atoms with van der Waals surface area (Å²) in [6.07, 6.45) is 2.35. The molecule has 0 saturated heterocycles. The summed E-state index contributed by atoms with van der Waals surface area (Å²) < 4.78 is 5.68. The summed E-state index contributed by atoms with van der Waals surface area (Å²) in [7, 11) is 0. The summed E-state index contributed by atoms with van der Waals surface area (Å²) in [4.78, 5) is 8.65. The molecule has 0 fully saturated rings. The minimum atomic E-state index is 0. The van der Waals surface area contributed by atoms with Gasteiger partial charge in [-0.1, -0.05) is 36.4 Å². The van der Waals surface area contributed by atoms with Crippen LogP contribution in [0, 0.1) is 0 Å². The van der Waals surface area contributed by atoms with Gasteiger partial charge in [0.15, 0.2) is 11.8 Å². The van der Waals surface area contributed by atoms with Crippen molar-refractivity contribution in [2.24, 2.45) is 10.7 Å². The van der Waals surface area contributed by atoms with Crippen molar-refractivity contribution < 1.29 is 4.74 Å². The molecule has 0 saturated carbocycles. The number of aromatic nitrogens is 3. The topological polar surface area (TPSA) is 101 Å². The van der Waals surface area contributed by atoms with Crippen molar-refractivity contribution in [3.8, 4) is 17.1 Å². The average Bonchev–Trinajstić information content (AvgIpc) is 3.22. The van der Waals surface area contributed by atoms with Crippen molar-refractivity contribution in [3.63, 3.8) is 0 Å². The van der Waals surface area contributed by atoms with E-state index >= 15 is 0 Å². The summed E-state index contributed by atoms with van der Waals surface area (Å²) in [5.74, 6) is 2.07. The van der Waals surface area contributed by atoms with Gasteiger partial charge >= 0.3 is 0 Å². The molecule has 8 heteroatoms. The number of rotatable bonds is 4. The number of hydrogen-bond donors (Lipinski definition) is 3. The number of aromatic amines is 1. The Balaban J connectivity index is 0.00000210. The number of nitrogens with two attached hydrogens (primary N) is 1. The van der Waals surface area contributed by atoms with E-state index in [0.29, 0.717) is 19.1 Å². The molecular weight excluding hydrogens is 455 g/mol. The van der Waals surface area contributed by atoms with E-state index in [1.807, 2.05) is 42.5 Å². The fraction of sp³-hybridized carbons (Fsp3) is 0.211. The van der Waals surface area contributed by atoms with Crippen molar-refractivity contribution >= 4 is 29.9 Å². The number of nitrogens with zero attached hydrogens (tertiary/aromatic N) is 3. The van der Waals surface area contributed by atoms with E-state index in [-0.39, 0.29) is 30.0 Å². The Morgan fingerprint density at radius 1 is 1.26 bits per heavy atom. The normalized spacial score (nSPS) is 16.0.